The predicted molar refractivity (Wildman–Crippen MR) is 78.3 cm³/mol. The zero-order valence-electron chi connectivity index (χ0n) is 11.7. The van der Waals surface area contributed by atoms with E-state index in [1.54, 1.807) is 0 Å². The Bertz CT molecular complexity index is 719. The van der Waals surface area contributed by atoms with Crippen molar-refractivity contribution in [2.24, 2.45) is 0 Å². The summed E-state index contributed by atoms with van der Waals surface area (Å²) in [6, 6.07) is 15.1. The highest BCUT2D eigenvalue weighted by Crippen LogP contribution is 2.43. The Hall–Kier alpha value is -2.17. The molecule has 0 aromatic heterocycles. The highest BCUT2D eigenvalue weighted by atomic mass is 16.8. The van der Waals surface area contributed by atoms with Gasteiger partial charge in [0.25, 0.3) is 5.91 Å². The van der Waals surface area contributed by atoms with Crippen LogP contribution in [0, 0.1) is 0 Å². The van der Waals surface area contributed by atoms with Crippen LogP contribution in [0.2, 0.25) is 0 Å². The fourth-order valence-electron chi connectivity index (χ4n) is 3.15. The SMILES string of the molecule is CN1c2ccccc2C(=O)c2ccccc2C12OCCO2. The highest BCUT2D eigenvalue weighted by Gasteiger charge is 2.48. The van der Waals surface area contributed by atoms with Crippen molar-refractivity contribution in [3.63, 3.8) is 0 Å². The first-order valence-electron chi connectivity index (χ1n) is 6.99. The Kier molecular flexibility index (Phi) is 2.64. The predicted octanol–water partition coefficient (Wildman–Crippen LogP) is 2.52. The minimum Gasteiger partial charge on any atom is -0.326 e. The van der Waals surface area contributed by atoms with E-state index in [0.29, 0.717) is 24.3 Å². The number of carbonyl (C=O) groups is 1. The molecule has 0 radical (unpaired) electrons. The maximum atomic E-state index is 12.9. The van der Waals surface area contributed by atoms with E-state index in [4.69, 9.17) is 9.47 Å². The Labute approximate surface area is 122 Å². The summed E-state index contributed by atoms with van der Waals surface area (Å²) in [5, 5.41) is 0. The molecular formula is C17H15NO3. The number of benzene rings is 2. The topological polar surface area (TPSA) is 38.8 Å². The van der Waals surface area contributed by atoms with Crippen molar-refractivity contribution < 1.29 is 14.3 Å². The molecule has 0 amide bonds. The van der Waals surface area contributed by atoms with E-state index in [1.165, 1.54) is 0 Å². The number of rotatable bonds is 0. The number of para-hydroxylation sites is 1. The molecule has 1 saturated heterocycles. The lowest BCUT2D eigenvalue weighted by Gasteiger charge is -2.37. The number of ether oxygens (including phenoxy) is 2. The minimum atomic E-state index is -1.02. The van der Waals surface area contributed by atoms with Gasteiger partial charge in [0.2, 0.25) is 0 Å². The van der Waals surface area contributed by atoms with Crippen LogP contribution in [0.1, 0.15) is 21.5 Å². The second-order valence-corrected chi connectivity index (χ2v) is 5.23. The van der Waals surface area contributed by atoms with Crippen LogP contribution >= 0.6 is 0 Å². The second kappa shape index (κ2) is 4.41. The van der Waals surface area contributed by atoms with Crippen molar-refractivity contribution in [2.45, 2.75) is 5.91 Å². The molecular weight excluding hydrogens is 266 g/mol. The smallest absolute Gasteiger partial charge is 0.281 e. The lowest BCUT2D eigenvalue weighted by molar-refractivity contribution is -0.162. The third-order valence-electron chi connectivity index (χ3n) is 4.14. The lowest BCUT2D eigenvalue weighted by Crippen LogP contribution is -2.45. The van der Waals surface area contributed by atoms with Gasteiger partial charge in [0.1, 0.15) is 0 Å². The Balaban J connectivity index is 2.06. The molecule has 4 nitrogen and oxygen atoms in total. The fourth-order valence-corrected chi connectivity index (χ4v) is 3.15. The molecule has 4 heteroatoms. The van der Waals surface area contributed by atoms with Gasteiger partial charge in [0.15, 0.2) is 5.78 Å². The fraction of sp³-hybridized carbons (Fsp3) is 0.235. The molecule has 0 saturated carbocycles. The number of carbonyl (C=O) groups excluding carboxylic acids is 1. The molecule has 1 spiro atoms. The number of anilines is 1. The van der Waals surface area contributed by atoms with Crippen LogP contribution in [0.3, 0.4) is 0 Å². The van der Waals surface area contributed by atoms with Crippen molar-refractivity contribution in [1.29, 1.82) is 0 Å². The molecule has 106 valence electrons. The van der Waals surface area contributed by atoms with Gasteiger partial charge >= 0.3 is 0 Å². The van der Waals surface area contributed by atoms with Crippen LogP contribution in [0.5, 0.6) is 0 Å². The van der Waals surface area contributed by atoms with E-state index in [2.05, 4.69) is 0 Å². The summed E-state index contributed by atoms with van der Waals surface area (Å²) < 4.78 is 11.9. The third-order valence-corrected chi connectivity index (χ3v) is 4.14. The summed E-state index contributed by atoms with van der Waals surface area (Å²) in [5.74, 6) is -1.01. The average molecular weight is 281 g/mol. The van der Waals surface area contributed by atoms with Crippen LogP contribution in [0.15, 0.2) is 48.5 Å². The van der Waals surface area contributed by atoms with Gasteiger partial charge in [0.05, 0.1) is 18.9 Å². The van der Waals surface area contributed by atoms with E-state index in [0.717, 1.165) is 11.3 Å². The molecule has 0 N–H and O–H groups in total. The number of hydrogen-bond acceptors (Lipinski definition) is 4. The monoisotopic (exact) mass is 281 g/mol. The van der Waals surface area contributed by atoms with Gasteiger partial charge in [-0.1, -0.05) is 36.4 Å². The third kappa shape index (κ3) is 1.60. The van der Waals surface area contributed by atoms with Crippen molar-refractivity contribution in [1.82, 2.24) is 0 Å². The maximum absolute atomic E-state index is 12.9. The first-order valence-corrected chi connectivity index (χ1v) is 6.99. The van der Waals surface area contributed by atoms with Gasteiger partial charge in [0, 0.05) is 23.7 Å². The highest BCUT2D eigenvalue weighted by molar-refractivity contribution is 6.14. The molecule has 2 aromatic rings. The molecule has 21 heavy (non-hydrogen) atoms. The molecule has 0 aliphatic carbocycles. The van der Waals surface area contributed by atoms with Crippen molar-refractivity contribution in [3.8, 4) is 0 Å². The van der Waals surface area contributed by atoms with E-state index < -0.39 is 5.91 Å². The van der Waals surface area contributed by atoms with Gasteiger partial charge in [-0.2, -0.15) is 0 Å². The van der Waals surface area contributed by atoms with E-state index in [9.17, 15) is 4.79 Å². The number of nitrogens with zero attached hydrogens (tertiary/aromatic N) is 1. The van der Waals surface area contributed by atoms with Crippen molar-refractivity contribution in [2.75, 3.05) is 25.2 Å². The summed E-state index contributed by atoms with van der Waals surface area (Å²) in [6.07, 6.45) is 0. The van der Waals surface area contributed by atoms with Crippen LogP contribution in [0.4, 0.5) is 5.69 Å². The number of hydrogen-bond donors (Lipinski definition) is 0. The van der Waals surface area contributed by atoms with Crippen LogP contribution in [0.25, 0.3) is 0 Å². The van der Waals surface area contributed by atoms with Crippen molar-refractivity contribution in [3.05, 3.63) is 65.2 Å². The Morgan fingerprint density at radius 3 is 2.33 bits per heavy atom. The number of fused-ring (bicyclic) bond motifs is 3. The molecule has 1 fully saturated rings. The van der Waals surface area contributed by atoms with Gasteiger partial charge < -0.3 is 14.4 Å². The van der Waals surface area contributed by atoms with E-state index in [1.807, 2.05) is 60.5 Å². The molecule has 0 bridgehead atoms. The minimum absolute atomic E-state index is 0.00373. The molecule has 0 atom stereocenters. The summed E-state index contributed by atoms with van der Waals surface area (Å²) >= 11 is 0. The van der Waals surface area contributed by atoms with E-state index in [-0.39, 0.29) is 5.78 Å². The lowest BCUT2D eigenvalue weighted by atomic mass is 9.98. The molecule has 4 rings (SSSR count). The zero-order chi connectivity index (χ0) is 14.4. The number of ketones is 1. The Morgan fingerprint density at radius 1 is 0.952 bits per heavy atom. The van der Waals surface area contributed by atoms with Crippen LogP contribution in [-0.4, -0.2) is 26.0 Å². The molecule has 2 heterocycles. The zero-order valence-corrected chi connectivity index (χ0v) is 11.7. The van der Waals surface area contributed by atoms with E-state index >= 15 is 0 Å². The first kappa shape index (κ1) is 12.6. The van der Waals surface area contributed by atoms with Gasteiger partial charge in [-0.15, -0.1) is 0 Å². The normalized spacial score (nSPS) is 19.3. The molecule has 2 aliphatic rings. The van der Waals surface area contributed by atoms with Crippen LogP contribution < -0.4 is 4.90 Å². The standard InChI is InChI=1S/C17H15NO3/c1-18-15-9-5-3-7-13(15)16(19)12-6-2-4-8-14(12)17(18)20-10-11-21-17/h2-9H,10-11H2,1H3. The van der Waals surface area contributed by atoms with Gasteiger partial charge in [-0.3, -0.25) is 4.79 Å². The summed E-state index contributed by atoms with van der Waals surface area (Å²) in [7, 11) is 1.90. The summed E-state index contributed by atoms with van der Waals surface area (Å²) in [4.78, 5) is 14.8. The average Bonchev–Trinajstić information content (AvgIpc) is 3.02. The second-order valence-electron chi connectivity index (χ2n) is 5.23. The van der Waals surface area contributed by atoms with Gasteiger partial charge in [-0.05, 0) is 12.1 Å². The first-order chi connectivity index (χ1) is 10.2. The largest absolute Gasteiger partial charge is 0.326 e. The van der Waals surface area contributed by atoms with Crippen molar-refractivity contribution >= 4 is 11.5 Å². The quantitative estimate of drug-likeness (QED) is 0.744. The van der Waals surface area contributed by atoms with Crippen LogP contribution in [-0.2, 0) is 15.4 Å². The Morgan fingerprint density at radius 2 is 1.57 bits per heavy atom. The summed E-state index contributed by atoms with van der Waals surface area (Å²) in [6.45, 7) is 1.02. The molecule has 2 aromatic carbocycles. The molecule has 0 unspecified atom stereocenters. The molecule has 2 aliphatic heterocycles. The van der Waals surface area contributed by atoms with Gasteiger partial charge in [-0.25, -0.2) is 0 Å². The summed E-state index contributed by atoms with van der Waals surface area (Å²) in [5.41, 5.74) is 2.89. The maximum Gasteiger partial charge on any atom is 0.281 e.